The van der Waals surface area contributed by atoms with Crippen molar-refractivity contribution in [1.82, 2.24) is 24.4 Å². The molecule has 1 aromatic carbocycles. The minimum absolute atomic E-state index is 0.00373. The van der Waals surface area contributed by atoms with E-state index in [1.165, 1.54) is 3.58 Å². The first-order chi connectivity index (χ1) is 18.1. The number of halogens is 1. The van der Waals surface area contributed by atoms with Crippen LogP contribution in [0.15, 0.2) is 12.1 Å². The van der Waals surface area contributed by atoms with Gasteiger partial charge in [0.2, 0.25) is 0 Å². The number of carbonyl (C=O) groups excluding carboxylic acids is 1. The first-order valence-corrected chi connectivity index (χ1v) is 23.2. The van der Waals surface area contributed by atoms with Gasteiger partial charge in [-0.2, -0.15) is 0 Å². The average Bonchev–Trinajstić information content (AvgIpc) is 3.38. The topological polar surface area (TPSA) is 118 Å². The van der Waals surface area contributed by atoms with E-state index in [2.05, 4.69) is 30.9 Å². The summed E-state index contributed by atoms with van der Waals surface area (Å²) in [5.41, 5.74) is 7.27. The molecule has 0 saturated carbocycles. The van der Waals surface area contributed by atoms with Crippen LogP contribution in [0.4, 0.5) is 15.0 Å². The smallest absolute Gasteiger partial charge is 0.0253 e. The normalized spacial score (nSPS) is 13.4. The third-order valence-electron chi connectivity index (χ3n) is 6.46. The monoisotopic (exact) mass is 650 g/mol. The van der Waals surface area contributed by atoms with Crippen LogP contribution in [-0.2, 0) is 17.7 Å². The van der Waals surface area contributed by atoms with E-state index in [0.717, 1.165) is 11.3 Å². The van der Waals surface area contributed by atoms with Crippen LogP contribution in [0.5, 0.6) is 11.5 Å². The predicted molar refractivity (Wildman–Crippen MR) is 151 cm³/mol. The number of anilines is 1. The molecule has 0 saturated heterocycles. The number of rotatable bonds is 8. The van der Waals surface area contributed by atoms with Gasteiger partial charge in [0.05, 0.1) is 0 Å². The average molecular weight is 649 g/mol. The zero-order chi connectivity index (χ0) is 28.7. The second kappa shape index (κ2) is 11.0. The summed E-state index contributed by atoms with van der Waals surface area (Å²) in [6, 6.07) is 4.09. The second-order valence-electron chi connectivity index (χ2n) is 12.1. The predicted octanol–water partition coefficient (Wildman–Crippen LogP) is 4.45. The van der Waals surface area contributed by atoms with Crippen molar-refractivity contribution in [2.45, 2.75) is 80.5 Å². The number of amides is 1. The zero-order valence-electron chi connectivity index (χ0n) is 24.1. The fraction of sp³-hybridized carbons (Fsp3) is 0.556. The van der Waals surface area contributed by atoms with Gasteiger partial charge < -0.3 is 0 Å². The van der Waals surface area contributed by atoms with Crippen molar-refractivity contribution < 1.29 is 23.4 Å². The Morgan fingerprint density at radius 2 is 1.85 bits per heavy atom. The molecular weight excluding hydrogens is 610 g/mol. The molecule has 0 radical (unpaired) electrons. The summed E-state index contributed by atoms with van der Waals surface area (Å²) in [6.07, 6.45) is -0.209. The van der Waals surface area contributed by atoms with Crippen molar-refractivity contribution in [2.24, 2.45) is 0 Å². The van der Waals surface area contributed by atoms with Crippen molar-refractivity contribution in [3.63, 3.8) is 0 Å². The molecule has 1 aliphatic rings. The van der Waals surface area contributed by atoms with Crippen molar-refractivity contribution in [1.29, 1.82) is 0 Å². The van der Waals surface area contributed by atoms with E-state index in [1.807, 2.05) is 45.3 Å². The Kier molecular flexibility index (Phi) is 8.20. The maximum atomic E-state index is 14.3. The van der Waals surface area contributed by atoms with E-state index in [0.29, 0.717) is 48.7 Å². The molecule has 2 N–H and O–H groups in total. The number of benzene rings is 1. The summed E-state index contributed by atoms with van der Waals surface area (Å²) in [5.74, 6) is 2.17. The van der Waals surface area contributed by atoms with Gasteiger partial charge in [0.15, 0.2) is 0 Å². The second-order valence-corrected chi connectivity index (χ2v) is 26.5. The number of nitrogen functional groups attached to an aromatic ring is 1. The van der Waals surface area contributed by atoms with Gasteiger partial charge in [0, 0.05) is 0 Å². The SMILES string of the molecule is CC(C)N(CCCn1c(Cc2cc3c(c[c]2[Sn]([CH3])([CH3])[CH3])OCO3)nc2c(N)nc(F)nc21)C(=O)OC(C)(C)C. The van der Waals surface area contributed by atoms with Crippen LogP contribution < -0.4 is 18.8 Å². The number of ether oxygens (including phenoxy) is 3. The van der Waals surface area contributed by atoms with Crippen molar-refractivity contribution in [3.8, 4) is 11.5 Å². The number of hydrogen-bond donors (Lipinski definition) is 1. The van der Waals surface area contributed by atoms with Crippen LogP contribution in [0.3, 0.4) is 0 Å². The molecule has 3 aromatic rings. The maximum absolute atomic E-state index is 14.3. The molecule has 0 unspecified atom stereocenters. The Labute approximate surface area is 232 Å². The van der Waals surface area contributed by atoms with Gasteiger partial charge in [-0.25, -0.2) is 0 Å². The Hall–Kier alpha value is -2.83. The van der Waals surface area contributed by atoms with E-state index in [9.17, 15) is 9.18 Å². The number of carbonyl (C=O) groups is 1. The molecule has 39 heavy (non-hydrogen) atoms. The summed E-state index contributed by atoms with van der Waals surface area (Å²) >= 11 is -2.60. The van der Waals surface area contributed by atoms with Gasteiger partial charge in [-0.05, 0) is 20.8 Å². The number of imidazole rings is 1. The summed E-state index contributed by atoms with van der Waals surface area (Å²) in [4.78, 5) is 34.0. The van der Waals surface area contributed by atoms with E-state index in [-0.39, 0.29) is 24.7 Å². The molecule has 0 bridgehead atoms. The van der Waals surface area contributed by atoms with E-state index >= 15 is 0 Å². The van der Waals surface area contributed by atoms with E-state index in [1.54, 1.807) is 4.90 Å². The van der Waals surface area contributed by atoms with Crippen LogP contribution in [0, 0.1) is 6.08 Å². The van der Waals surface area contributed by atoms with Gasteiger partial charge in [-0.15, -0.1) is 0 Å². The number of hydrogen-bond acceptors (Lipinski definition) is 8. The molecule has 10 nitrogen and oxygen atoms in total. The molecule has 0 fully saturated rings. The molecule has 1 aliphatic heterocycles. The Morgan fingerprint density at radius 1 is 1.18 bits per heavy atom. The quantitative estimate of drug-likeness (QED) is 0.281. The number of nitrogens with zero attached hydrogens (tertiary/aromatic N) is 5. The molecule has 212 valence electrons. The fourth-order valence-electron chi connectivity index (χ4n) is 4.69. The molecule has 0 aliphatic carbocycles. The third kappa shape index (κ3) is 6.67. The van der Waals surface area contributed by atoms with E-state index < -0.39 is 30.1 Å². The summed E-state index contributed by atoms with van der Waals surface area (Å²) in [5, 5.41) is 0. The van der Waals surface area contributed by atoms with Crippen LogP contribution in [0.25, 0.3) is 11.2 Å². The Morgan fingerprint density at radius 3 is 2.46 bits per heavy atom. The summed E-state index contributed by atoms with van der Waals surface area (Å²) in [7, 11) is 0. The van der Waals surface area contributed by atoms with Crippen LogP contribution in [0.2, 0.25) is 14.8 Å². The Balaban J connectivity index is 1.68. The molecular formula is C27H39FN6O4Sn. The van der Waals surface area contributed by atoms with Crippen LogP contribution >= 0.6 is 0 Å². The number of nitrogens with two attached hydrogens (primary N) is 1. The van der Waals surface area contributed by atoms with Crippen molar-refractivity contribution in [2.75, 3.05) is 19.1 Å². The van der Waals surface area contributed by atoms with Gasteiger partial charge >= 0.3 is 213 Å². The molecule has 0 atom stereocenters. The minimum Gasteiger partial charge on any atom is -0.0253 e. The fourth-order valence-corrected chi connectivity index (χ4v) is 9.51. The molecule has 2 aromatic heterocycles. The Bertz CT molecular complexity index is 1380. The third-order valence-corrected chi connectivity index (χ3v) is 12.4. The number of fused-ring (bicyclic) bond motifs is 2. The first-order valence-electron chi connectivity index (χ1n) is 13.2. The van der Waals surface area contributed by atoms with Gasteiger partial charge in [0.25, 0.3) is 0 Å². The number of aryl methyl sites for hydroxylation is 1. The molecule has 4 rings (SSSR count). The van der Waals surface area contributed by atoms with Crippen molar-refractivity contribution in [3.05, 3.63) is 29.6 Å². The van der Waals surface area contributed by atoms with Gasteiger partial charge in [-0.3, -0.25) is 0 Å². The standard InChI is InChI=1S/C24H30FN6O4.3CH3.Sn/c1-14(2)30(23(32)35-24(3,4)5)9-6-10-31-18(27-19-20(26)28-22(25)29-21(19)31)12-15-7-8-16-17(11-15)34-13-33-16;;;;/h8,11,14H,6,9-10,12-13H2,1-5H3,(H2,26,28,29);3*1H3;. The molecule has 12 heteroatoms. The van der Waals surface area contributed by atoms with Gasteiger partial charge in [-0.1, -0.05) is 0 Å². The zero-order valence-corrected chi connectivity index (χ0v) is 26.9. The van der Waals surface area contributed by atoms with Crippen molar-refractivity contribution >= 4 is 45.0 Å². The number of aromatic nitrogens is 4. The molecule has 1 amide bonds. The minimum atomic E-state index is -2.60. The summed E-state index contributed by atoms with van der Waals surface area (Å²) in [6.45, 7) is 10.5. The van der Waals surface area contributed by atoms with Gasteiger partial charge in [0.1, 0.15) is 0 Å². The van der Waals surface area contributed by atoms with Crippen LogP contribution in [-0.4, -0.2) is 73.9 Å². The summed E-state index contributed by atoms with van der Waals surface area (Å²) < 4.78 is 34.4. The molecule has 3 heterocycles. The molecule has 0 spiro atoms. The van der Waals surface area contributed by atoms with Crippen LogP contribution in [0.1, 0.15) is 52.4 Å². The first kappa shape index (κ1) is 29.2. The van der Waals surface area contributed by atoms with E-state index in [4.69, 9.17) is 24.9 Å².